The van der Waals surface area contributed by atoms with Gasteiger partial charge in [0.05, 0.1) is 4.92 Å². The van der Waals surface area contributed by atoms with Gasteiger partial charge in [-0.25, -0.2) is 0 Å². The highest BCUT2D eigenvalue weighted by Crippen LogP contribution is 2.26. The van der Waals surface area contributed by atoms with E-state index >= 15 is 0 Å². The Morgan fingerprint density at radius 3 is 2.90 bits per heavy atom. The molecule has 2 rings (SSSR count). The molecule has 1 aliphatic heterocycles. The lowest BCUT2D eigenvalue weighted by atomic mass is 9.97. The largest absolute Gasteiger partial charge is 0.319 e. The van der Waals surface area contributed by atoms with Crippen LogP contribution in [0, 0.1) is 16.0 Å². The van der Waals surface area contributed by atoms with Crippen molar-refractivity contribution in [2.24, 2.45) is 5.92 Å². The number of likely N-dealkylation sites (tertiary alicyclic amines) is 1. The van der Waals surface area contributed by atoms with E-state index < -0.39 is 4.92 Å². The molecule has 0 aliphatic carbocycles. The average Bonchev–Trinajstić information content (AvgIpc) is 2.39. The molecule has 1 heterocycles. The van der Waals surface area contributed by atoms with E-state index in [0.717, 1.165) is 31.7 Å². The van der Waals surface area contributed by atoms with E-state index in [-0.39, 0.29) is 23.1 Å². The van der Waals surface area contributed by atoms with Gasteiger partial charge in [0.15, 0.2) is 0 Å². The van der Waals surface area contributed by atoms with E-state index in [9.17, 15) is 10.1 Å². The summed E-state index contributed by atoms with van der Waals surface area (Å²) in [7, 11) is 1.98. The molecule has 0 amide bonds. The van der Waals surface area contributed by atoms with Crippen molar-refractivity contribution in [1.29, 1.82) is 0 Å². The van der Waals surface area contributed by atoms with Crippen LogP contribution in [0.15, 0.2) is 18.2 Å². The van der Waals surface area contributed by atoms with Crippen molar-refractivity contribution in [1.82, 2.24) is 10.2 Å². The summed E-state index contributed by atoms with van der Waals surface area (Å²) in [5.74, 6) is 0.683. The van der Waals surface area contributed by atoms with Crippen LogP contribution in [-0.4, -0.2) is 36.5 Å². The zero-order chi connectivity index (χ0) is 14.5. The first-order valence-electron chi connectivity index (χ1n) is 6.90. The Morgan fingerprint density at radius 2 is 2.29 bits per heavy atom. The van der Waals surface area contributed by atoms with E-state index in [0.29, 0.717) is 5.92 Å². The van der Waals surface area contributed by atoms with E-state index in [2.05, 4.69) is 10.2 Å². The quantitative estimate of drug-likeness (QED) is 0.664. The summed E-state index contributed by atoms with van der Waals surface area (Å²) in [6.45, 7) is 3.99. The third-order valence-electron chi connectivity index (χ3n) is 3.71. The summed E-state index contributed by atoms with van der Waals surface area (Å²) in [6, 6.07) is 5.00. The molecule has 1 aliphatic rings. The third kappa shape index (κ3) is 5.11. The second-order valence-corrected chi connectivity index (χ2v) is 5.75. The predicted molar refractivity (Wildman–Crippen MR) is 87.3 cm³/mol. The molecule has 7 heteroatoms. The van der Waals surface area contributed by atoms with Gasteiger partial charge in [0.1, 0.15) is 5.02 Å². The predicted octanol–water partition coefficient (Wildman–Crippen LogP) is 3.10. The molecule has 1 atom stereocenters. The minimum absolute atomic E-state index is 0. The number of hydrogen-bond donors (Lipinski definition) is 1. The van der Waals surface area contributed by atoms with Gasteiger partial charge < -0.3 is 5.32 Å². The van der Waals surface area contributed by atoms with Gasteiger partial charge in [0.2, 0.25) is 0 Å². The van der Waals surface area contributed by atoms with E-state index in [1.807, 2.05) is 7.05 Å². The van der Waals surface area contributed by atoms with Crippen LogP contribution in [0.4, 0.5) is 5.69 Å². The maximum atomic E-state index is 10.7. The smallest absolute Gasteiger partial charge is 0.287 e. The third-order valence-corrected chi connectivity index (χ3v) is 4.01. The lowest BCUT2D eigenvalue weighted by Gasteiger charge is -2.32. The fraction of sp³-hybridized carbons (Fsp3) is 0.571. The van der Waals surface area contributed by atoms with Gasteiger partial charge in [0.25, 0.3) is 5.69 Å². The molecule has 0 saturated carbocycles. The van der Waals surface area contributed by atoms with Gasteiger partial charge in [-0.3, -0.25) is 15.0 Å². The standard InChI is InChI=1S/C14H20ClN3O2.ClH/c1-16-8-12-3-2-6-17(10-12)9-11-4-5-14(18(19)20)13(15)7-11;/h4-5,7,12,16H,2-3,6,8-10H2,1H3;1H. The first kappa shape index (κ1) is 18.2. The van der Waals surface area contributed by atoms with Crippen LogP contribution in [0.25, 0.3) is 0 Å². The number of rotatable bonds is 5. The second kappa shape index (κ2) is 8.54. The number of hydrogen-bond acceptors (Lipinski definition) is 4. The molecule has 0 aromatic heterocycles. The van der Waals surface area contributed by atoms with E-state index in [4.69, 9.17) is 11.6 Å². The summed E-state index contributed by atoms with van der Waals surface area (Å²) in [5, 5.41) is 14.2. The number of nitro benzene ring substituents is 1. The van der Waals surface area contributed by atoms with E-state index in [1.165, 1.54) is 18.9 Å². The van der Waals surface area contributed by atoms with Gasteiger partial charge in [-0.05, 0) is 50.5 Å². The van der Waals surface area contributed by atoms with Crippen LogP contribution >= 0.6 is 24.0 Å². The Bertz CT molecular complexity index is 483. The van der Waals surface area contributed by atoms with Crippen LogP contribution in [0.2, 0.25) is 5.02 Å². The van der Waals surface area contributed by atoms with Crippen molar-refractivity contribution in [2.45, 2.75) is 19.4 Å². The topological polar surface area (TPSA) is 58.4 Å². The molecule has 118 valence electrons. The summed E-state index contributed by atoms with van der Waals surface area (Å²) in [4.78, 5) is 12.7. The van der Waals surface area contributed by atoms with Gasteiger partial charge in [-0.15, -0.1) is 12.4 Å². The van der Waals surface area contributed by atoms with Crippen LogP contribution in [0.3, 0.4) is 0 Å². The maximum absolute atomic E-state index is 10.7. The van der Waals surface area contributed by atoms with Crippen LogP contribution in [-0.2, 0) is 6.54 Å². The minimum atomic E-state index is -0.448. The summed E-state index contributed by atoms with van der Waals surface area (Å²) in [6.07, 6.45) is 2.46. The normalized spacial score (nSPS) is 19.0. The first-order chi connectivity index (χ1) is 9.60. The number of nitrogens with zero attached hydrogens (tertiary/aromatic N) is 2. The molecule has 1 unspecified atom stereocenters. The molecule has 1 N–H and O–H groups in total. The van der Waals surface area contributed by atoms with E-state index in [1.54, 1.807) is 12.1 Å². The van der Waals surface area contributed by atoms with Crippen molar-refractivity contribution >= 4 is 29.7 Å². The van der Waals surface area contributed by atoms with Crippen LogP contribution in [0.5, 0.6) is 0 Å². The fourth-order valence-electron chi connectivity index (χ4n) is 2.81. The maximum Gasteiger partial charge on any atom is 0.287 e. The SMILES string of the molecule is CNCC1CCCN(Cc2ccc([N+](=O)[O-])c(Cl)c2)C1.Cl. The van der Waals surface area contributed by atoms with Crippen LogP contribution in [0.1, 0.15) is 18.4 Å². The van der Waals surface area contributed by atoms with Gasteiger partial charge >= 0.3 is 0 Å². The number of nitrogens with one attached hydrogen (secondary N) is 1. The Hall–Kier alpha value is -0.880. The molecular formula is C14H21Cl2N3O2. The molecule has 1 fully saturated rings. The average molecular weight is 334 g/mol. The second-order valence-electron chi connectivity index (χ2n) is 5.34. The Labute approximate surface area is 136 Å². The number of piperidine rings is 1. The molecule has 0 spiro atoms. The zero-order valence-corrected chi connectivity index (χ0v) is 13.6. The van der Waals surface area contributed by atoms with Crippen LogP contribution < -0.4 is 5.32 Å². The van der Waals surface area contributed by atoms with Crippen molar-refractivity contribution in [3.8, 4) is 0 Å². The molecule has 21 heavy (non-hydrogen) atoms. The lowest BCUT2D eigenvalue weighted by Crippen LogP contribution is -2.38. The fourth-order valence-corrected chi connectivity index (χ4v) is 3.08. The molecule has 1 saturated heterocycles. The van der Waals surface area contributed by atoms with Crippen molar-refractivity contribution in [3.05, 3.63) is 38.9 Å². The summed E-state index contributed by atoms with van der Waals surface area (Å²) < 4.78 is 0. The highest BCUT2D eigenvalue weighted by Gasteiger charge is 2.20. The Kier molecular flexibility index (Phi) is 7.39. The minimum Gasteiger partial charge on any atom is -0.319 e. The molecule has 0 radical (unpaired) electrons. The highest BCUT2D eigenvalue weighted by molar-refractivity contribution is 6.32. The number of nitro groups is 1. The summed E-state index contributed by atoms with van der Waals surface area (Å²) in [5.41, 5.74) is 1.01. The molecule has 0 bridgehead atoms. The number of halogens is 2. The summed E-state index contributed by atoms with van der Waals surface area (Å²) >= 11 is 5.95. The number of benzene rings is 1. The lowest BCUT2D eigenvalue weighted by molar-refractivity contribution is -0.384. The molecule has 5 nitrogen and oxygen atoms in total. The molecule has 1 aromatic rings. The molecular weight excluding hydrogens is 313 g/mol. The Morgan fingerprint density at radius 1 is 1.52 bits per heavy atom. The first-order valence-corrected chi connectivity index (χ1v) is 7.27. The van der Waals surface area contributed by atoms with Crippen molar-refractivity contribution < 1.29 is 4.92 Å². The zero-order valence-electron chi connectivity index (χ0n) is 12.0. The molecule has 1 aromatic carbocycles. The highest BCUT2D eigenvalue weighted by atomic mass is 35.5. The van der Waals surface area contributed by atoms with Crippen molar-refractivity contribution in [2.75, 3.05) is 26.7 Å². The van der Waals surface area contributed by atoms with Gasteiger partial charge in [-0.1, -0.05) is 17.7 Å². The Balaban J connectivity index is 0.00000220. The van der Waals surface area contributed by atoms with Crippen molar-refractivity contribution in [3.63, 3.8) is 0 Å². The monoisotopic (exact) mass is 333 g/mol. The van der Waals surface area contributed by atoms with Gasteiger partial charge in [0, 0.05) is 19.2 Å². The van der Waals surface area contributed by atoms with Gasteiger partial charge in [-0.2, -0.15) is 0 Å².